The zero-order chi connectivity index (χ0) is 17.7. The average Bonchev–Trinajstić information content (AvgIpc) is 3.23. The van der Waals surface area contributed by atoms with Gasteiger partial charge in [-0.2, -0.15) is 5.10 Å². The molecular formula is C20H19BrN4O. The molecule has 0 spiro atoms. The van der Waals surface area contributed by atoms with Gasteiger partial charge < -0.3 is 0 Å². The maximum Gasteiger partial charge on any atom is 0.161 e. The first-order valence-electron chi connectivity index (χ1n) is 9.21. The Morgan fingerprint density at radius 2 is 1.96 bits per heavy atom. The molecule has 1 atom stereocenters. The summed E-state index contributed by atoms with van der Waals surface area (Å²) >= 11 is 3.53. The number of rotatable bonds is 2. The lowest BCUT2D eigenvalue weighted by Gasteiger charge is -2.22. The highest BCUT2D eigenvalue weighted by Crippen LogP contribution is 2.39. The van der Waals surface area contributed by atoms with Gasteiger partial charge in [0.15, 0.2) is 11.4 Å². The van der Waals surface area contributed by atoms with Crippen LogP contribution < -0.4 is 0 Å². The molecule has 2 aliphatic rings. The summed E-state index contributed by atoms with van der Waals surface area (Å²) in [5.41, 5.74) is 3.79. The summed E-state index contributed by atoms with van der Waals surface area (Å²) in [6, 6.07) is 6.47. The molecule has 5 rings (SSSR count). The monoisotopic (exact) mass is 410 g/mol. The van der Waals surface area contributed by atoms with Crippen LogP contribution in [0, 0.1) is 0 Å². The minimum Gasteiger partial charge on any atom is -0.298 e. The molecule has 5 nitrogen and oxygen atoms in total. The zero-order valence-corrected chi connectivity index (χ0v) is 15.9. The molecule has 2 aliphatic carbocycles. The van der Waals surface area contributed by atoms with Crippen molar-refractivity contribution in [1.82, 2.24) is 19.7 Å². The molecule has 1 saturated carbocycles. The summed E-state index contributed by atoms with van der Waals surface area (Å²) in [5.74, 6) is -0.125. The summed E-state index contributed by atoms with van der Waals surface area (Å²) in [4.78, 5) is 21.8. The third-order valence-corrected chi connectivity index (χ3v) is 6.21. The molecule has 0 N–H and O–H groups in total. The standard InChI is InChI=1S/C20H19BrN4O/c21-13-7-6-12-8-17(26)18(15(12)9-13)19-16-10-24-25(20(16)23-11-22-19)14-4-2-1-3-5-14/h6-7,9-11,14,18H,1-5,8H2. The van der Waals surface area contributed by atoms with Crippen molar-refractivity contribution in [2.75, 3.05) is 0 Å². The van der Waals surface area contributed by atoms with Crippen molar-refractivity contribution < 1.29 is 4.79 Å². The van der Waals surface area contributed by atoms with Gasteiger partial charge in [-0.15, -0.1) is 0 Å². The summed E-state index contributed by atoms with van der Waals surface area (Å²) in [5, 5.41) is 5.55. The van der Waals surface area contributed by atoms with E-state index in [0.717, 1.165) is 45.2 Å². The predicted molar refractivity (Wildman–Crippen MR) is 102 cm³/mol. The number of carbonyl (C=O) groups excluding carboxylic acids is 1. The van der Waals surface area contributed by atoms with Gasteiger partial charge in [-0.05, 0) is 36.1 Å². The first-order chi connectivity index (χ1) is 12.7. The highest BCUT2D eigenvalue weighted by atomic mass is 79.9. The molecule has 0 bridgehead atoms. The van der Waals surface area contributed by atoms with E-state index in [1.165, 1.54) is 19.3 Å². The van der Waals surface area contributed by atoms with E-state index in [9.17, 15) is 4.79 Å². The second kappa shape index (κ2) is 6.27. The van der Waals surface area contributed by atoms with Gasteiger partial charge in [-0.25, -0.2) is 14.6 Å². The van der Waals surface area contributed by atoms with Crippen LogP contribution >= 0.6 is 15.9 Å². The van der Waals surface area contributed by atoms with Crippen LogP contribution in [0.1, 0.15) is 60.9 Å². The fourth-order valence-corrected chi connectivity index (χ4v) is 4.84. The highest BCUT2D eigenvalue weighted by Gasteiger charge is 2.35. The third kappa shape index (κ3) is 2.50. The third-order valence-electron chi connectivity index (χ3n) is 5.72. The average molecular weight is 411 g/mol. The van der Waals surface area contributed by atoms with Crippen LogP contribution in [0.4, 0.5) is 0 Å². The maximum atomic E-state index is 12.8. The van der Waals surface area contributed by atoms with Crippen molar-refractivity contribution in [1.29, 1.82) is 0 Å². The number of fused-ring (bicyclic) bond motifs is 2. The summed E-state index contributed by atoms with van der Waals surface area (Å²) in [7, 11) is 0. The number of nitrogens with zero attached hydrogens (tertiary/aromatic N) is 4. The van der Waals surface area contributed by atoms with Crippen molar-refractivity contribution in [3.63, 3.8) is 0 Å². The number of ketones is 1. The number of carbonyl (C=O) groups is 1. The zero-order valence-electron chi connectivity index (χ0n) is 14.4. The van der Waals surface area contributed by atoms with Crippen LogP contribution in [-0.2, 0) is 11.2 Å². The van der Waals surface area contributed by atoms with Crippen molar-refractivity contribution in [2.45, 2.75) is 50.5 Å². The van der Waals surface area contributed by atoms with E-state index >= 15 is 0 Å². The Kier molecular flexibility index (Phi) is 3.89. The lowest BCUT2D eigenvalue weighted by molar-refractivity contribution is -0.118. The van der Waals surface area contributed by atoms with E-state index in [1.807, 2.05) is 24.4 Å². The smallest absolute Gasteiger partial charge is 0.161 e. The fraction of sp³-hybridized carbons (Fsp3) is 0.400. The highest BCUT2D eigenvalue weighted by molar-refractivity contribution is 9.10. The van der Waals surface area contributed by atoms with Crippen molar-refractivity contribution in [2.24, 2.45) is 0 Å². The first-order valence-corrected chi connectivity index (χ1v) is 10.0. The van der Waals surface area contributed by atoms with Gasteiger partial charge in [0.05, 0.1) is 29.2 Å². The first kappa shape index (κ1) is 16.1. The SMILES string of the molecule is O=C1Cc2ccc(Br)cc2C1c1ncnc2c1cnn2C1CCCCC1. The Morgan fingerprint density at radius 1 is 1.12 bits per heavy atom. The fourth-order valence-electron chi connectivity index (χ4n) is 4.46. The number of aromatic nitrogens is 4. The van der Waals surface area contributed by atoms with Crippen molar-refractivity contribution in [3.05, 3.63) is 52.0 Å². The molecule has 1 aromatic carbocycles. The van der Waals surface area contributed by atoms with Gasteiger partial charge in [-0.3, -0.25) is 4.79 Å². The van der Waals surface area contributed by atoms with Crippen LogP contribution in [-0.4, -0.2) is 25.5 Å². The van der Waals surface area contributed by atoms with Gasteiger partial charge in [0.25, 0.3) is 0 Å². The summed E-state index contributed by atoms with van der Waals surface area (Å²) < 4.78 is 3.04. The van der Waals surface area contributed by atoms with Crippen LogP contribution in [0.15, 0.2) is 35.2 Å². The van der Waals surface area contributed by atoms with Gasteiger partial charge >= 0.3 is 0 Å². The Labute approximate surface area is 160 Å². The molecule has 1 fully saturated rings. The van der Waals surface area contributed by atoms with Gasteiger partial charge in [0.1, 0.15) is 6.33 Å². The van der Waals surface area contributed by atoms with Crippen LogP contribution in [0.2, 0.25) is 0 Å². The Morgan fingerprint density at radius 3 is 2.81 bits per heavy atom. The van der Waals surface area contributed by atoms with E-state index in [2.05, 4.69) is 35.7 Å². The molecule has 2 aromatic heterocycles. The molecular weight excluding hydrogens is 392 g/mol. The molecule has 0 saturated heterocycles. The number of hydrogen-bond acceptors (Lipinski definition) is 4. The predicted octanol–water partition coefficient (Wildman–Crippen LogP) is 4.35. The quantitative estimate of drug-likeness (QED) is 0.629. The lowest BCUT2D eigenvalue weighted by Crippen LogP contribution is -2.15. The lowest BCUT2D eigenvalue weighted by atomic mass is 9.94. The van der Waals surface area contributed by atoms with E-state index < -0.39 is 0 Å². The van der Waals surface area contributed by atoms with Gasteiger partial charge in [-0.1, -0.05) is 41.3 Å². The molecule has 3 aromatic rings. The molecule has 1 unspecified atom stereocenters. The molecule has 2 heterocycles. The van der Waals surface area contributed by atoms with E-state index in [0.29, 0.717) is 12.5 Å². The van der Waals surface area contributed by atoms with Crippen LogP contribution in [0.25, 0.3) is 11.0 Å². The number of halogens is 1. The Bertz CT molecular complexity index is 1010. The second-order valence-corrected chi connectivity index (χ2v) is 8.21. The molecule has 6 heteroatoms. The van der Waals surface area contributed by atoms with E-state index in [-0.39, 0.29) is 11.7 Å². The van der Waals surface area contributed by atoms with Crippen molar-refractivity contribution in [3.8, 4) is 0 Å². The van der Waals surface area contributed by atoms with Crippen LogP contribution in [0.3, 0.4) is 0 Å². The van der Waals surface area contributed by atoms with E-state index in [1.54, 1.807) is 6.33 Å². The molecule has 132 valence electrons. The van der Waals surface area contributed by atoms with Crippen LogP contribution in [0.5, 0.6) is 0 Å². The summed E-state index contributed by atoms with van der Waals surface area (Å²) in [6.07, 6.45) is 9.99. The normalized spacial score (nSPS) is 20.7. The van der Waals surface area contributed by atoms with Crippen molar-refractivity contribution >= 4 is 32.7 Å². The molecule has 26 heavy (non-hydrogen) atoms. The molecule has 0 aliphatic heterocycles. The number of hydrogen-bond donors (Lipinski definition) is 0. The Hall–Kier alpha value is -2.08. The molecule has 0 radical (unpaired) electrons. The largest absolute Gasteiger partial charge is 0.298 e. The number of benzene rings is 1. The topological polar surface area (TPSA) is 60.7 Å². The van der Waals surface area contributed by atoms with Gasteiger partial charge in [0, 0.05) is 10.9 Å². The minimum absolute atomic E-state index is 0.198. The minimum atomic E-state index is -0.322. The second-order valence-electron chi connectivity index (χ2n) is 7.30. The van der Waals surface area contributed by atoms with Gasteiger partial charge in [0.2, 0.25) is 0 Å². The number of Topliss-reactive ketones (excluding diaryl/α,β-unsaturated/α-hetero) is 1. The van der Waals surface area contributed by atoms with E-state index in [4.69, 9.17) is 0 Å². The maximum absolute atomic E-state index is 12.8. The summed E-state index contributed by atoms with van der Waals surface area (Å²) in [6.45, 7) is 0. The molecule has 0 amide bonds. The Balaban J connectivity index is 1.63.